The van der Waals surface area contributed by atoms with E-state index in [0.717, 1.165) is 17.0 Å². The van der Waals surface area contributed by atoms with Gasteiger partial charge in [0.1, 0.15) is 0 Å². The van der Waals surface area contributed by atoms with Gasteiger partial charge in [0, 0.05) is 31.7 Å². The zero-order valence-corrected chi connectivity index (χ0v) is 9.85. The van der Waals surface area contributed by atoms with Crippen LogP contribution in [0, 0.1) is 0 Å². The number of hydrogen-bond acceptors (Lipinski definition) is 4. The monoisotopic (exact) mass is 229 g/mol. The van der Waals surface area contributed by atoms with Crippen LogP contribution in [0.3, 0.4) is 0 Å². The van der Waals surface area contributed by atoms with Crippen molar-refractivity contribution < 1.29 is 4.79 Å². The molecule has 15 heavy (non-hydrogen) atoms. The summed E-state index contributed by atoms with van der Waals surface area (Å²) < 4.78 is 0. The van der Waals surface area contributed by atoms with Crippen molar-refractivity contribution in [1.29, 1.82) is 0 Å². The van der Waals surface area contributed by atoms with Crippen molar-refractivity contribution in [1.82, 2.24) is 15.2 Å². The molecular weight excluding hydrogens is 214 g/mol. The van der Waals surface area contributed by atoms with E-state index in [2.05, 4.69) is 10.3 Å². The fourth-order valence-electron chi connectivity index (χ4n) is 1.14. The average molecular weight is 229 g/mol. The Bertz CT molecular complexity index is 383. The van der Waals surface area contributed by atoms with E-state index in [9.17, 15) is 9.59 Å². The zero-order chi connectivity index (χ0) is 11.4. The molecule has 0 aliphatic carbocycles. The summed E-state index contributed by atoms with van der Waals surface area (Å²) >= 11 is 1.12. The van der Waals surface area contributed by atoms with Gasteiger partial charge in [-0.2, -0.15) is 0 Å². The van der Waals surface area contributed by atoms with Crippen LogP contribution in [0.2, 0.25) is 0 Å². The molecule has 1 atom stereocenters. The number of rotatable bonds is 4. The first-order valence-corrected chi connectivity index (χ1v) is 5.50. The van der Waals surface area contributed by atoms with Crippen molar-refractivity contribution >= 4 is 17.2 Å². The first kappa shape index (κ1) is 11.9. The number of thiazole rings is 1. The fraction of sp³-hybridized carbons (Fsp3) is 0.556. The van der Waals surface area contributed by atoms with Gasteiger partial charge in [0.2, 0.25) is 5.91 Å². The molecule has 0 saturated carbocycles. The van der Waals surface area contributed by atoms with Crippen molar-refractivity contribution in [2.24, 2.45) is 0 Å². The van der Waals surface area contributed by atoms with Crippen LogP contribution in [0.5, 0.6) is 0 Å². The topological polar surface area (TPSA) is 65.2 Å². The molecule has 6 heteroatoms. The first-order chi connectivity index (χ1) is 7.00. The van der Waals surface area contributed by atoms with E-state index in [1.165, 1.54) is 4.90 Å². The molecule has 1 amide bonds. The van der Waals surface area contributed by atoms with Gasteiger partial charge in [-0.1, -0.05) is 11.3 Å². The summed E-state index contributed by atoms with van der Waals surface area (Å²) in [7, 11) is 3.43. The number of carbonyl (C=O) groups excluding carboxylic acids is 1. The van der Waals surface area contributed by atoms with Crippen LogP contribution in [0.25, 0.3) is 0 Å². The third-order valence-electron chi connectivity index (χ3n) is 1.98. The van der Waals surface area contributed by atoms with Crippen LogP contribution >= 0.6 is 11.3 Å². The second-order valence-corrected chi connectivity index (χ2v) is 4.35. The van der Waals surface area contributed by atoms with Crippen LogP contribution < -0.4 is 10.2 Å². The summed E-state index contributed by atoms with van der Waals surface area (Å²) in [6.45, 7) is 2.30. The molecular formula is C9H15N3O2S. The SMILES string of the molecule is CC(NCc1csc(=O)[nH]1)C(=O)N(C)C. The predicted octanol–water partition coefficient (Wildman–Crippen LogP) is 0.00270. The fourth-order valence-corrected chi connectivity index (χ4v) is 1.72. The zero-order valence-electron chi connectivity index (χ0n) is 9.03. The van der Waals surface area contributed by atoms with Crippen molar-refractivity contribution in [3.8, 4) is 0 Å². The molecule has 0 bridgehead atoms. The lowest BCUT2D eigenvalue weighted by molar-refractivity contribution is -0.130. The van der Waals surface area contributed by atoms with Gasteiger partial charge in [-0.3, -0.25) is 9.59 Å². The Morgan fingerprint density at radius 3 is 2.80 bits per heavy atom. The number of H-pyrrole nitrogens is 1. The maximum absolute atomic E-state index is 11.5. The Balaban J connectivity index is 2.44. The van der Waals surface area contributed by atoms with Crippen molar-refractivity contribution in [3.63, 3.8) is 0 Å². The minimum Gasteiger partial charge on any atom is -0.347 e. The number of aromatic amines is 1. The molecule has 0 saturated heterocycles. The minimum absolute atomic E-state index is 0.0209. The summed E-state index contributed by atoms with van der Waals surface area (Å²) in [4.78, 5) is 26.4. The van der Waals surface area contributed by atoms with Crippen molar-refractivity contribution in [3.05, 3.63) is 20.7 Å². The normalized spacial score (nSPS) is 12.5. The lowest BCUT2D eigenvalue weighted by Crippen LogP contribution is -2.41. The quantitative estimate of drug-likeness (QED) is 0.764. The van der Waals surface area contributed by atoms with E-state index in [0.29, 0.717) is 6.54 Å². The van der Waals surface area contributed by atoms with E-state index in [1.54, 1.807) is 26.4 Å². The van der Waals surface area contributed by atoms with Crippen LogP contribution in [0.4, 0.5) is 0 Å². The Labute approximate surface area is 92.1 Å². The van der Waals surface area contributed by atoms with Crippen LogP contribution in [0.1, 0.15) is 12.6 Å². The van der Waals surface area contributed by atoms with Crippen LogP contribution in [-0.2, 0) is 11.3 Å². The Kier molecular flexibility index (Phi) is 4.05. The molecule has 0 aliphatic heterocycles. The van der Waals surface area contributed by atoms with Gasteiger partial charge in [-0.15, -0.1) is 0 Å². The molecule has 0 aromatic carbocycles. The standard InChI is InChI=1S/C9H15N3O2S/c1-6(8(13)12(2)3)10-4-7-5-15-9(14)11-7/h5-6,10H,4H2,1-3H3,(H,11,14). The number of amides is 1. The van der Waals surface area contributed by atoms with Gasteiger partial charge in [0.25, 0.3) is 0 Å². The summed E-state index contributed by atoms with van der Waals surface area (Å²) in [5.74, 6) is 0.0209. The number of nitrogens with one attached hydrogen (secondary N) is 2. The summed E-state index contributed by atoms with van der Waals surface area (Å²) in [6, 6.07) is -0.247. The molecule has 1 unspecified atom stereocenters. The van der Waals surface area contributed by atoms with Crippen LogP contribution in [0.15, 0.2) is 10.2 Å². The second kappa shape index (κ2) is 5.09. The van der Waals surface area contributed by atoms with Crippen molar-refractivity contribution in [2.75, 3.05) is 14.1 Å². The van der Waals surface area contributed by atoms with Gasteiger partial charge >= 0.3 is 4.87 Å². The minimum atomic E-state index is -0.247. The molecule has 1 aromatic heterocycles. The largest absolute Gasteiger partial charge is 0.347 e. The van der Waals surface area contributed by atoms with Gasteiger partial charge in [-0.05, 0) is 6.92 Å². The lowest BCUT2D eigenvalue weighted by atomic mass is 10.3. The highest BCUT2D eigenvalue weighted by Gasteiger charge is 2.13. The second-order valence-electron chi connectivity index (χ2n) is 3.51. The molecule has 1 rings (SSSR count). The highest BCUT2D eigenvalue weighted by molar-refractivity contribution is 7.07. The summed E-state index contributed by atoms with van der Waals surface area (Å²) in [6.07, 6.45) is 0. The predicted molar refractivity (Wildman–Crippen MR) is 59.9 cm³/mol. The molecule has 0 fully saturated rings. The van der Waals surface area contributed by atoms with Gasteiger partial charge < -0.3 is 15.2 Å². The lowest BCUT2D eigenvalue weighted by Gasteiger charge is -2.17. The number of carbonyl (C=O) groups is 1. The van der Waals surface area contributed by atoms with E-state index in [1.807, 2.05) is 0 Å². The van der Waals surface area contributed by atoms with Crippen LogP contribution in [-0.4, -0.2) is 35.9 Å². The maximum Gasteiger partial charge on any atom is 0.304 e. The van der Waals surface area contributed by atoms with Gasteiger partial charge in [0.05, 0.1) is 6.04 Å². The highest BCUT2D eigenvalue weighted by atomic mass is 32.1. The number of likely N-dealkylation sites (N-methyl/N-ethyl adjacent to an activating group) is 1. The molecule has 0 aliphatic rings. The number of nitrogens with zero attached hydrogens (tertiary/aromatic N) is 1. The highest BCUT2D eigenvalue weighted by Crippen LogP contribution is 1.96. The van der Waals surface area contributed by atoms with E-state index in [4.69, 9.17) is 0 Å². The van der Waals surface area contributed by atoms with Gasteiger partial charge in [-0.25, -0.2) is 0 Å². The third kappa shape index (κ3) is 3.49. The molecule has 1 aromatic rings. The number of hydrogen-bond donors (Lipinski definition) is 2. The summed E-state index contributed by atoms with van der Waals surface area (Å²) in [5, 5.41) is 4.79. The Morgan fingerprint density at radius 1 is 1.67 bits per heavy atom. The first-order valence-electron chi connectivity index (χ1n) is 4.62. The number of aromatic nitrogens is 1. The Morgan fingerprint density at radius 2 is 2.33 bits per heavy atom. The molecule has 1 heterocycles. The smallest absolute Gasteiger partial charge is 0.304 e. The van der Waals surface area contributed by atoms with Gasteiger partial charge in [0.15, 0.2) is 0 Å². The average Bonchev–Trinajstić information content (AvgIpc) is 2.59. The molecule has 84 valence electrons. The molecule has 0 spiro atoms. The molecule has 5 nitrogen and oxygen atoms in total. The summed E-state index contributed by atoms with van der Waals surface area (Å²) in [5.41, 5.74) is 0.809. The molecule has 0 radical (unpaired) electrons. The van der Waals surface area contributed by atoms with E-state index in [-0.39, 0.29) is 16.8 Å². The van der Waals surface area contributed by atoms with E-state index >= 15 is 0 Å². The van der Waals surface area contributed by atoms with Crippen molar-refractivity contribution in [2.45, 2.75) is 19.5 Å². The maximum atomic E-state index is 11.5. The van der Waals surface area contributed by atoms with E-state index < -0.39 is 0 Å². The third-order valence-corrected chi connectivity index (χ3v) is 2.70. The Hall–Kier alpha value is -1.14. The molecule has 2 N–H and O–H groups in total.